The highest BCUT2D eigenvalue weighted by atomic mass is 15.5. The van der Waals surface area contributed by atoms with E-state index in [-0.39, 0.29) is 24.0 Å². The smallest absolute Gasteiger partial charge is 0.0711 e. The molecule has 5 nitrogen and oxygen atoms in total. The molecule has 2 aliphatic heterocycles. The molecule has 0 spiro atoms. The van der Waals surface area contributed by atoms with Crippen LogP contribution in [0.25, 0.3) is 11.3 Å². The zero-order valence-corrected chi connectivity index (χ0v) is 40.4. The molecule has 1 aromatic rings. The molecule has 1 saturated heterocycles. The van der Waals surface area contributed by atoms with Crippen LogP contribution in [0.3, 0.4) is 0 Å². The Hall–Kier alpha value is -2.55. The van der Waals surface area contributed by atoms with Gasteiger partial charge in [-0.1, -0.05) is 91.4 Å². The lowest BCUT2D eigenvalue weighted by atomic mass is 9.61. The summed E-state index contributed by atoms with van der Waals surface area (Å²) in [5, 5.41) is 16.2. The van der Waals surface area contributed by atoms with Gasteiger partial charge in [0.2, 0.25) is 0 Å². The summed E-state index contributed by atoms with van der Waals surface area (Å²) in [5.74, 6) is 7.07. The summed E-state index contributed by atoms with van der Waals surface area (Å²) in [6.07, 6.45) is 40.4. The number of nitrogens with one attached hydrogen (secondary N) is 1. The molecule has 9 aliphatic carbocycles. The summed E-state index contributed by atoms with van der Waals surface area (Å²) >= 11 is 0. The minimum Gasteiger partial charge on any atom is -0.360 e. The number of fused-ring (bicyclic) bond motifs is 8. The highest BCUT2D eigenvalue weighted by molar-refractivity contribution is 5.75. The standard InChI is InChI=1S/C58H83N5/c1-34-27-36(3)54-45(29-34)46-30-35(2)28-37(4)55(46)63(54)52-32-51(62-49-25-14-11-20-41(49)42-21-12-15-26-50(42)62)38(33-59)31-47(52)57-60-56(61(57)39-17-8-7-9-18-39)44-23-16-22-43-40-19-10-13-24-48(40)58(5,6)53(43)44/h14,25,27,32,34-35,37-41,43-44,47-49,51,53,56-57,60H,7-13,15-24,26,28-31H2,1-6H3. The van der Waals surface area contributed by atoms with Gasteiger partial charge in [0.05, 0.1) is 42.1 Å². The third-order valence-corrected chi connectivity index (χ3v) is 20.9. The van der Waals surface area contributed by atoms with E-state index >= 15 is 0 Å². The van der Waals surface area contributed by atoms with Gasteiger partial charge in [0.25, 0.3) is 0 Å². The molecule has 4 saturated carbocycles. The fourth-order valence-corrected chi connectivity index (χ4v) is 18.9. The molecule has 0 amide bonds. The van der Waals surface area contributed by atoms with E-state index in [2.05, 4.69) is 91.6 Å². The van der Waals surface area contributed by atoms with Gasteiger partial charge in [-0.25, -0.2) is 0 Å². The molecule has 0 radical (unpaired) electrons. The molecule has 5 fully saturated rings. The first-order valence-corrected chi connectivity index (χ1v) is 27.4. The van der Waals surface area contributed by atoms with Gasteiger partial charge in [-0.05, 0) is 191 Å². The van der Waals surface area contributed by atoms with E-state index in [4.69, 9.17) is 0 Å². The van der Waals surface area contributed by atoms with Gasteiger partial charge in [-0.3, -0.25) is 10.2 Å². The van der Waals surface area contributed by atoms with Gasteiger partial charge in [0, 0.05) is 35.0 Å². The van der Waals surface area contributed by atoms with Crippen LogP contribution in [0.4, 0.5) is 0 Å². The predicted molar refractivity (Wildman–Crippen MR) is 258 cm³/mol. The Kier molecular flexibility index (Phi) is 10.7. The van der Waals surface area contributed by atoms with Crippen LogP contribution in [0.2, 0.25) is 0 Å². The van der Waals surface area contributed by atoms with E-state index in [0.717, 1.165) is 41.9 Å². The second kappa shape index (κ2) is 16.1. The Morgan fingerprint density at radius 1 is 0.746 bits per heavy atom. The molecule has 63 heavy (non-hydrogen) atoms. The number of nitriles is 1. The largest absolute Gasteiger partial charge is 0.360 e. The molecule has 340 valence electrons. The Morgan fingerprint density at radius 2 is 1.52 bits per heavy atom. The summed E-state index contributed by atoms with van der Waals surface area (Å²) in [7, 11) is 0. The average molecular weight is 850 g/mol. The summed E-state index contributed by atoms with van der Waals surface area (Å²) in [4.78, 5) is 6.06. The summed E-state index contributed by atoms with van der Waals surface area (Å²) < 4.78 is 2.94. The van der Waals surface area contributed by atoms with Gasteiger partial charge in [0.15, 0.2) is 0 Å². The van der Waals surface area contributed by atoms with Crippen molar-refractivity contribution >= 4 is 11.3 Å². The third-order valence-electron chi connectivity index (χ3n) is 20.9. The SMILES string of the molecule is CC1=CC(C)Cc2c3c(n(C4=CC(N5C6=C(CCCC6)C6CCC=CC65)C(C#N)CC4C4NC(C5CCCC6C7CCCCC7C(C)(C)C65)N4C4CCCCC4)c21)C(C)CC(C)C3. The van der Waals surface area contributed by atoms with Gasteiger partial charge in [-0.2, -0.15) is 5.26 Å². The van der Waals surface area contributed by atoms with E-state index < -0.39 is 0 Å². The van der Waals surface area contributed by atoms with Gasteiger partial charge >= 0.3 is 0 Å². The zero-order chi connectivity index (χ0) is 42.9. The molecular formula is C58H83N5. The van der Waals surface area contributed by atoms with E-state index in [1.807, 2.05) is 0 Å². The number of rotatable bonds is 5. The van der Waals surface area contributed by atoms with Gasteiger partial charge < -0.3 is 9.47 Å². The quantitative estimate of drug-likeness (QED) is 0.300. The first-order valence-electron chi connectivity index (χ1n) is 27.4. The Bertz CT molecular complexity index is 2120. The molecule has 15 unspecified atom stereocenters. The highest BCUT2D eigenvalue weighted by Gasteiger charge is 2.63. The molecule has 1 aromatic heterocycles. The zero-order valence-electron chi connectivity index (χ0n) is 40.4. The first kappa shape index (κ1) is 41.9. The van der Waals surface area contributed by atoms with Crippen LogP contribution in [0.1, 0.15) is 198 Å². The Labute approximate surface area is 382 Å². The molecule has 3 heterocycles. The summed E-state index contributed by atoms with van der Waals surface area (Å²) in [6.45, 7) is 15.4. The Balaban J connectivity index is 1.01. The third kappa shape index (κ3) is 6.45. The van der Waals surface area contributed by atoms with Crippen molar-refractivity contribution in [2.24, 2.45) is 64.6 Å². The average Bonchev–Trinajstić information content (AvgIpc) is 3.87. The van der Waals surface area contributed by atoms with Crippen molar-refractivity contribution in [3.05, 3.63) is 58.1 Å². The summed E-state index contributed by atoms with van der Waals surface area (Å²) in [6, 6.07) is 4.29. The van der Waals surface area contributed by atoms with Crippen LogP contribution in [-0.4, -0.2) is 44.8 Å². The van der Waals surface area contributed by atoms with E-state index in [1.165, 1.54) is 140 Å². The van der Waals surface area contributed by atoms with Crippen LogP contribution in [0, 0.1) is 75.9 Å². The lowest BCUT2D eigenvalue weighted by molar-refractivity contribution is -0.146. The maximum atomic E-state index is 11.6. The molecule has 5 heteroatoms. The lowest BCUT2D eigenvalue weighted by Gasteiger charge is -2.63. The van der Waals surface area contributed by atoms with Crippen molar-refractivity contribution in [2.75, 3.05) is 0 Å². The molecule has 12 rings (SSSR count). The second-order valence-electron chi connectivity index (χ2n) is 24.8. The van der Waals surface area contributed by atoms with E-state index in [0.29, 0.717) is 41.4 Å². The number of nitrogens with zero attached hydrogens (tertiary/aromatic N) is 4. The van der Waals surface area contributed by atoms with E-state index in [9.17, 15) is 5.26 Å². The highest BCUT2D eigenvalue weighted by Crippen LogP contribution is 2.66. The minimum atomic E-state index is -0.0233. The van der Waals surface area contributed by atoms with Crippen LogP contribution in [-0.2, 0) is 12.8 Å². The number of hydrogen-bond acceptors (Lipinski definition) is 4. The predicted octanol–water partition coefficient (Wildman–Crippen LogP) is 13.4. The molecule has 0 aromatic carbocycles. The first-order chi connectivity index (χ1) is 30.6. The monoisotopic (exact) mass is 850 g/mol. The number of hydrogen-bond donors (Lipinski definition) is 1. The molecule has 15 atom stereocenters. The second-order valence-corrected chi connectivity index (χ2v) is 24.8. The normalized spacial score (nSPS) is 43.4. The van der Waals surface area contributed by atoms with Crippen molar-refractivity contribution in [2.45, 2.75) is 219 Å². The fraction of sp³-hybridized carbons (Fsp3) is 0.776. The summed E-state index contributed by atoms with van der Waals surface area (Å²) in [5.41, 5.74) is 13.5. The molecule has 0 bridgehead atoms. The molecule has 1 N–H and O–H groups in total. The van der Waals surface area contributed by atoms with Crippen molar-refractivity contribution in [3.8, 4) is 6.07 Å². The van der Waals surface area contributed by atoms with Crippen molar-refractivity contribution < 1.29 is 0 Å². The molecule has 11 aliphatic rings. The maximum Gasteiger partial charge on any atom is 0.0711 e. The van der Waals surface area contributed by atoms with Crippen LogP contribution >= 0.6 is 0 Å². The lowest BCUT2D eigenvalue weighted by Crippen LogP contribution is -2.78. The maximum absolute atomic E-state index is 11.6. The topological polar surface area (TPSA) is 47.2 Å². The van der Waals surface area contributed by atoms with Crippen LogP contribution in [0.15, 0.2) is 35.6 Å². The van der Waals surface area contributed by atoms with E-state index in [1.54, 1.807) is 39.5 Å². The van der Waals surface area contributed by atoms with Crippen molar-refractivity contribution in [1.29, 1.82) is 5.26 Å². The molecular weight excluding hydrogens is 767 g/mol. The number of allylic oxidation sites excluding steroid dienone is 4. The van der Waals surface area contributed by atoms with Crippen LogP contribution in [0.5, 0.6) is 0 Å². The Morgan fingerprint density at radius 3 is 2.37 bits per heavy atom. The fourth-order valence-electron chi connectivity index (χ4n) is 18.9. The van der Waals surface area contributed by atoms with Crippen molar-refractivity contribution in [3.63, 3.8) is 0 Å². The number of aromatic nitrogens is 1. The van der Waals surface area contributed by atoms with Crippen LogP contribution < -0.4 is 5.32 Å². The minimum absolute atomic E-state index is 0.0233. The van der Waals surface area contributed by atoms with Crippen molar-refractivity contribution in [1.82, 2.24) is 19.7 Å². The van der Waals surface area contributed by atoms with Gasteiger partial charge in [-0.15, -0.1) is 0 Å². The van der Waals surface area contributed by atoms with Gasteiger partial charge in [0.1, 0.15) is 0 Å².